The molecular weight excluding hydrogens is 542 g/mol. The molecule has 4 rings (SSSR count). The van der Waals surface area contributed by atoms with Gasteiger partial charge in [0.1, 0.15) is 17.3 Å². The van der Waals surface area contributed by atoms with Gasteiger partial charge in [-0.05, 0) is 83.0 Å². The summed E-state index contributed by atoms with van der Waals surface area (Å²) in [4.78, 5) is 40.1. The molecule has 1 fully saturated rings. The average Bonchev–Trinajstić information content (AvgIpc) is 3.18. The van der Waals surface area contributed by atoms with Gasteiger partial charge in [-0.25, -0.2) is 4.79 Å². The Morgan fingerprint density at radius 3 is 2.16 bits per heavy atom. The molecule has 1 N–H and O–H groups in total. The predicted molar refractivity (Wildman–Crippen MR) is 141 cm³/mol. The first-order valence-corrected chi connectivity index (χ1v) is 12.2. The lowest BCUT2D eigenvalue weighted by molar-refractivity contribution is -0.132. The molecule has 1 aliphatic rings. The third kappa shape index (κ3) is 4.95. The predicted octanol–water partition coefficient (Wildman–Crippen LogP) is 5.27. The summed E-state index contributed by atoms with van der Waals surface area (Å²) in [6.45, 7) is 1.94. The lowest BCUT2D eigenvalue weighted by atomic mass is 9.95. The Kier molecular flexibility index (Phi) is 7.63. The van der Waals surface area contributed by atoms with Gasteiger partial charge in [-0.3, -0.25) is 14.5 Å². The number of ketones is 1. The third-order valence-electron chi connectivity index (χ3n) is 5.96. The highest BCUT2D eigenvalue weighted by Crippen LogP contribution is 2.43. The third-order valence-corrected chi connectivity index (χ3v) is 6.58. The first-order valence-electron chi connectivity index (χ1n) is 11.4. The standard InChI is InChI=1S/C28H24BrNO7/c1-4-37-28(34)17-5-10-19(11-6-17)30-24(16-7-12-20(35-2)13-8-16)23(26(32)27(30)33)25(31)18-9-14-22(36-3)21(29)15-18/h5-15,24,31H,4H2,1-3H3/b25-23-. The van der Waals surface area contributed by atoms with Crippen LogP contribution in [0.4, 0.5) is 5.69 Å². The molecule has 1 unspecified atom stereocenters. The van der Waals surface area contributed by atoms with E-state index in [9.17, 15) is 19.5 Å². The largest absolute Gasteiger partial charge is 0.507 e. The van der Waals surface area contributed by atoms with Crippen LogP contribution < -0.4 is 14.4 Å². The van der Waals surface area contributed by atoms with E-state index in [1.165, 1.54) is 31.3 Å². The smallest absolute Gasteiger partial charge is 0.338 e. The second-order valence-corrected chi connectivity index (χ2v) is 8.91. The van der Waals surface area contributed by atoms with Crippen LogP contribution >= 0.6 is 15.9 Å². The molecule has 1 aliphatic heterocycles. The van der Waals surface area contributed by atoms with Gasteiger partial charge in [-0.1, -0.05) is 12.1 Å². The SMILES string of the molecule is CCOC(=O)c1ccc(N2C(=O)C(=O)/C(=C(\O)c3ccc(OC)c(Br)c3)C2c2ccc(OC)cc2)cc1. The summed E-state index contributed by atoms with van der Waals surface area (Å²) >= 11 is 3.39. The second kappa shape index (κ2) is 10.9. The van der Waals surface area contributed by atoms with E-state index in [4.69, 9.17) is 14.2 Å². The van der Waals surface area contributed by atoms with Crippen LogP contribution in [0.2, 0.25) is 0 Å². The monoisotopic (exact) mass is 565 g/mol. The molecule has 0 saturated carbocycles. The minimum atomic E-state index is -0.930. The van der Waals surface area contributed by atoms with E-state index in [2.05, 4.69) is 15.9 Å². The number of amides is 1. The first-order chi connectivity index (χ1) is 17.8. The van der Waals surface area contributed by atoms with Gasteiger partial charge >= 0.3 is 5.97 Å². The number of methoxy groups -OCH3 is 2. The Hall–Kier alpha value is -4.11. The number of carbonyl (C=O) groups excluding carboxylic acids is 3. The van der Waals surface area contributed by atoms with E-state index >= 15 is 0 Å². The van der Waals surface area contributed by atoms with Gasteiger partial charge in [0.25, 0.3) is 11.7 Å². The fourth-order valence-corrected chi connectivity index (χ4v) is 4.68. The highest BCUT2D eigenvalue weighted by atomic mass is 79.9. The van der Waals surface area contributed by atoms with Crippen molar-refractivity contribution in [1.82, 2.24) is 0 Å². The zero-order chi connectivity index (χ0) is 26.7. The molecular formula is C28H24BrNO7. The number of carbonyl (C=O) groups is 3. The molecule has 0 bridgehead atoms. The van der Waals surface area contributed by atoms with E-state index in [-0.39, 0.29) is 17.9 Å². The van der Waals surface area contributed by atoms with E-state index in [0.29, 0.717) is 38.3 Å². The zero-order valence-corrected chi connectivity index (χ0v) is 21.9. The molecule has 0 aromatic heterocycles. The number of hydrogen-bond acceptors (Lipinski definition) is 7. The summed E-state index contributed by atoms with van der Waals surface area (Å²) in [5.74, 6) is -1.32. The van der Waals surface area contributed by atoms with Crippen molar-refractivity contribution in [2.24, 2.45) is 0 Å². The molecule has 0 radical (unpaired) electrons. The average molecular weight is 566 g/mol. The van der Waals surface area contributed by atoms with Gasteiger partial charge in [0.15, 0.2) is 0 Å². The molecule has 190 valence electrons. The molecule has 1 heterocycles. The van der Waals surface area contributed by atoms with Crippen LogP contribution in [-0.2, 0) is 14.3 Å². The van der Waals surface area contributed by atoms with Gasteiger partial charge in [0, 0.05) is 11.3 Å². The highest BCUT2D eigenvalue weighted by Gasteiger charge is 2.47. The summed E-state index contributed by atoms with van der Waals surface area (Å²) in [5.41, 5.74) is 1.55. The van der Waals surface area contributed by atoms with Crippen molar-refractivity contribution in [3.8, 4) is 11.5 Å². The van der Waals surface area contributed by atoms with Crippen LogP contribution in [0, 0.1) is 0 Å². The summed E-state index contributed by atoms with van der Waals surface area (Å²) in [5, 5.41) is 11.3. The fraction of sp³-hybridized carbons (Fsp3) is 0.179. The molecule has 9 heteroatoms. The quantitative estimate of drug-likeness (QED) is 0.180. The first kappa shape index (κ1) is 26.0. The molecule has 1 atom stereocenters. The normalized spacial score (nSPS) is 16.5. The minimum Gasteiger partial charge on any atom is -0.507 e. The number of rotatable bonds is 7. The summed E-state index contributed by atoms with van der Waals surface area (Å²) < 4.78 is 16.1. The lowest BCUT2D eigenvalue weighted by Crippen LogP contribution is -2.29. The molecule has 3 aromatic rings. The van der Waals surface area contributed by atoms with Gasteiger partial charge in [-0.2, -0.15) is 0 Å². The molecule has 0 spiro atoms. The Morgan fingerprint density at radius 2 is 1.59 bits per heavy atom. The number of anilines is 1. The minimum absolute atomic E-state index is 0.0679. The molecule has 37 heavy (non-hydrogen) atoms. The summed E-state index contributed by atoms with van der Waals surface area (Å²) in [7, 11) is 3.05. The van der Waals surface area contributed by atoms with Gasteiger partial charge in [-0.15, -0.1) is 0 Å². The molecule has 0 aliphatic carbocycles. The number of Topliss-reactive ketones (excluding diaryl/α,β-unsaturated/α-hetero) is 1. The fourth-order valence-electron chi connectivity index (χ4n) is 4.14. The van der Waals surface area contributed by atoms with Crippen molar-refractivity contribution in [3.05, 3.63) is 93.5 Å². The lowest BCUT2D eigenvalue weighted by Gasteiger charge is -2.25. The van der Waals surface area contributed by atoms with Crippen LogP contribution in [0.25, 0.3) is 5.76 Å². The Bertz CT molecular complexity index is 1380. The number of aliphatic hydroxyl groups excluding tert-OH is 1. The van der Waals surface area contributed by atoms with E-state index in [0.717, 1.165) is 0 Å². The van der Waals surface area contributed by atoms with Crippen molar-refractivity contribution in [2.75, 3.05) is 25.7 Å². The Morgan fingerprint density at radius 1 is 0.946 bits per heavy atom. The van der Waals surface area contributed by atoms with E-state index < -0.39 is 23.7 Å². The van der Waals surface area contributed by atoms with Crippen LogP contribution in [0.3, 0.4) is 0 Å². The highest BCUT2D eigenvalue weighted by molar-refractivity contribution is 9.10. The van der Waals surface area contributed by atoms with Crippen molar-refractivity contribution in [1.29, 1.82) is 0 Å². The summed E-state index contributed by atoms with van der Waals surface area (Å²) in [6, 6.07) is 17.0. The van der Waals surface area contributed by atoms with Crippen molar-refractivity contribution < 1.29 is 33.7 Å². The van der Waals surface area contributed by atoms with Crippen LogP contribution in [0.5, 0.6) is 11.5 Å². The Labute approximate surface area is 222 Å². The van der Waals surface area contributed by atoms with Gasteiger partial charge in [0.05, 0.1) is 42.5 Å². The number of hydrogen-bond donors (Lipinski definition) is 1. The number of halogens is 1. The molecule has 1 saturated heterocycles. The maximum Gasteiger partial charge on any atom is 0.338 e. The Balaban J connectivity index is 1.86. The molecule has 8 nitrogen and oxygen atoms in total. The zero-order valence-electron chi connectivity index (χ0n) is 20.4. The van der Waals surface area contributed by atoms with Gasteiger partial charge in [0.2, 0.25) is 0 Å². The van der Waals surface area contributed by atoms with E-state index in [1.54, 1.807) is 61.5 Å². The van der Waals surface area contributed by atoms with Crippen molar-refractivity contribution in [2.45, 2.75) is 13.0 Å². The molecule has 1 amide bonds. The van der Waals surface area contributed by atoms with Crippen LogP contribution in [0.1, 0.15) is 34.5 Å². The maximum atomic E-state index is 13.3. The number of ether oxygens (including phenoxy) is 3. The maximum absolute atomic E-state index is 13.3. The summed E-state index contributed by atoms with van der Waals surface area (Å²) in [6.07, 6.45) is 0. The number of esters is 1. The van der Waals surface area contributed by atoms with Crippen molar-refractivity contribution >= 4 is 45.0 Å². The number of benzene rings is 3. The van der Waals surface area contributed by atoms with Crippen molar-refractivity contribution in [3.63, 3.8) is 0 Å². The van der Waals surface area contributed by atoms with Crippen LogP contribution in [0.15, 0.2) is 76.8 Å². The van der Waals surface area contributed by atoms with Crippen LogP contribution in [-0.4, -0.2) is 43.6 Å². The van der Waals surface area contributed by atoms with E-state index in [1.807, 2.05) is 0 Å². The van der Waals surface area contributed by atoms with Gasteiger partial charge < -0.3 is 19.3 Å². The second-order valence-electron chi connectivity index (χ2n) is 8.06. The molecule has 3 aromatic carbocycles. The number of aliphatic hydroxyl groups is 1. The topological polar surface area (TPSA) is 102 Å². The number of nitrogens with zero attached hydrogens (tertiary/aromatic N) is 1.